The first-order chi connectivity index (χ1) is 8.78. The molecule has 19 heavy (non-hydrogen) atoms. The molecule has 0 saturated carbocycles. The molecular formula is C13H20N2O4. The van der Waals surface area contributed by atoms with Crippen LogP contribution in [0.5, 0.6) is 0 Å². The van der Waals surface area contributed by atoms with E-state index < -0.39 is 23.7 Å². The molecule has 106 valence electrons. The van der Waals surface area contributed by atoms with E-state index in [1.165, 1.54) is 4.90 Å². The number of amides is 1. The summed E-state index contributed by atoms with van der Waals surface area (Å²) in [6.07, 6.45) is -0.280. The highest BCUT2D eigenvalue weighted by molar-refractivity contribution is 5.82. The highest BCUT2D eigenvalue weighted by Gasteiger charge is 2.42. The summed E-state index contributed by atoms with van der Waals surface area (Å²) in [5, 5.41) is 8.95. The number of hydrogen-bond acceptors (Lipinski definition) is 5. The number of ether oxygens (including phenoxy) is 2. The fourth-order valence-corrected chi connectivity index (χ4v) is 1.91. The van der Waals surface area contributed by atoms with E-state index in [1.54, 1.807) is 27.7 Å². The molecule has 0 unspecified atom stereocenters. The zero-order valence-electron chi connectivity index (χ0n) is 11.8. The van der Waals surface area contributed by atoms with Crippen LogP contribution in [-0.2, 0) is 14.3 Å². The lowest BCUT2D eigenvalue weighted by Crippen LogP contribution is -2.44. The van der Waals surface area contributed by atoms with Crippen LogP contribution in [0.4, 0.5) is 4.79 Å². The Morgan fingerprint density at radius 1 is 1.42 bits per heavy atom. The van der Waals surface area contributed by atoms with Gasteiger partial charge in [-0.05, 0) is 34.1 Å². The molecule has 0 radical (unpaired) electrons. The summed E-state index contributed by atoms with van der Waals surface area (Å²) in [5.74, 6) is -0.840. The van der Waals surface area contributed by atoms with E-state index in [0.717, 1.165) is 0 Å². The van der Waals surface area contributed by atoms with Crippen LogP contribution >= 0.6 is 0 Å². The summed E-state index contributed by atoms with van der Waals surface area (Å²) in [5.41, 5.74) is -0.638. The smallest absolute Gasteiger partial charge is 0.411 e. The molecule has 1 saturated heterocycles. The summed E-state index contributed by atoms with van der Waals surface area (Å²) >= 11 is 0. The molecule has 0 bridgehead atoms. The van der Waals surface area contributed by atoms with Crippen LogP contribution in [0.25, 0.3) is 0 Å². The third-order valence-electron chi connectivity index (χ3n) is 2.67. The molecule has 6 nitrogen and oxygen atoms in total. The average molecular weight is 268 g/mol. The van der Waals surface area contributed by atoms with Gasteiger partial charge in [-0.25, -0.2) is 9.59 Å². The van der Waals surface area contributed by atoms with Crippen molar-refractivity contribution < 1.29 is 19.1 Å². The second-order valence-electron chi connectivity index (χ2n) is 5.46. The van der Waals surface area contributed by atoms with E-state index >= 15 is 0 Å². The van der Waals surface area contributed by atoms with E-state index in [1.807, 2.05) is 0 Å². The maximum Gasteiger partial charge on any atom is 0.411 e. The topological polar surface area (TPSA) is 79.6 Å². The quantitative estimate of drug-likeness (QED) is 0.712. The molecule has 0 aromatic heterocycles. The normalized spacial score (nSPS) is 22.8. The molecule has 0 N–H and O–H groups in total. The minimum Gasteiger partial charge on any atom is -0.464 e. The Morgan fingerprint density at radius 2 is 2.05 bits per heavy atom. The average Bonchev–Trinajstić information content (AvgIpc) is 2.71. The van der Waals surface area contributed by atoms with Crippen molar-refractivity contribution in [1.82, 2.24) is 4.90 Å². The number of hydrogen-bond donors (Lipinski definition) is 0. The molecule has 1 heterocycles. The van der Waals surface area contributed by atoms with Crippen LogP contribution in [0.15, 0.2) is 0 Å². The predicted molar refractivity (Wildman–Crippen MR) is 67.1 cm³/mol. The molecule has 2 atom stereocenters. The van der Waals surface area contributed by atoms with Gasteiger partial charge in [-0.15, -0.1) is 0 Å². The van der Waals surface area contributed by atoms with Gasteiger partial charge in [0.1, 0.15) is 11.6 Å². The van der Waals surface area contributed by atoms with Crippen molar-refractivity contribution in [3.63, 3.8) is 0 Å². The van der Waals surface area contributed by atoms with Gasteiger partial charge in [0.15, 0.2) is 0 Å². The van der Waals surface area contributed by atoms with Crippen molar-refractivity contribution in [2.75, 3.05) is 13.2 Å². The first kappa shape index (κ1) is 15.3. The van der Waals surface area contributed by atoms with Crippen molar-refractivity contribution in [3.05, 3.63) is 0 Å². The van der Waals surface area contributed by atoms with Gasteiger partial charge in [0.05, 0.1) is 18.6 Å². The first-order valence-corrected chi connectivity index (χ1v) is 6.34. The van der Waals surface area contributed by atoms with E-state index in [2.05, 4.69) is 6.07 Å². The van der Waals surface area contributed by atoms with Gasteiger partial charge in [0, 0.05) is 6.54 Å². The minimum absolute atomic E-state index is 0.203. The molecule has 1 fully saturated rings. The number of carbonyl (C=O) groups is 2. The largest absolute Gasteiger partial charge is 0.464 e. The van der Waals surface area contributed by atoms with Gasteiger partial charge in [-0.2, -0.15) is 5.26 Å². The van der Waals surface area contributed by atoms with Gasteiger partial charge >= 0.3 is 12.1 Å². The van der Waals surface area contributed by atoms with Crippen LogP contribution in [0.3, 0.4) is 0 Å². The monoisotopic (exact) mass is 268 g/mol. The van der Waals surface area contributed by atoms with Gasteiger partial charge in [-0.3, -0.25) is 4.90 Å². The number of likely N-dealkylation sites (tertiary alicyclic amines) is 1. The van der Waals surface area contributed by atoms with E-state index in [4.69, 9.17) is 14.7 Å². The van der Waals surface area contributed by atoms with Crippen molar-refractivity contribution in [3.8, 4) is 6.07 Å². The zero-order valence-corrected chi connectivity index (χ0v) is 11.8. The summed E-state index contributed by atoms with van der Waals surface area (Å²) in [7, 11) is 0. The number of nitrogens with zero attached hydrogens (tertiary/aromatic N) is 2. The lowest BCUT2D eigenvalue weighted by Gasteiger charge is -2.27. The Bertz CT molecular complexity index is 394. The Balaban J connectivity index is 2.80. The molecule has 1 aliphatic rings. The third kappa shape index (κ3) is 4.12. The molecule has 0 aliphatic carbocycles. The van der Waals surface area contributed by atoms with Crippen molar-refractivity contribution in [2.45, 2.75) is 45.8 Å². The summed E-state index contributed by atoms with van der Waals surface area (Å²) in [6.45, 7) is 7.41. The highest BCUT2D eigenvalue weighted by atomic mass is 16.6. The maximum absolute atomic E-state index is 12.0. The van der Waals surface area contributed by atoms with E-state index in [9.17, 15) is 9.59 Å². The van der Waals surface area contributed by atoms with Crippen LogP contribution in [0.2, 0.25) is 0 Å². The second-order valence-corrected chi connectivity index (χ2v) is 5.46. The van der Waals surface area contributed by atoms with Crippen molar-refractivity contribution in [2.24, 2.45) is 5.92 Å². The van der Waals surface area contributed by atoms with Crippen LogP contribution in [-0.4, -0.2) is 41.8 Å². The molecule has 1 rings (SSSR count). The van der Waals surface area contributed by atoms with Gasteiger partial charge < -0.3 is 9.47 Å². The van der Waals surface area contributed by atoms with Crippen LogP contribution < -0.4 is 0 Å². The van der Waals surface area contributed by atoms with Gasteiger partial charge in [0.2, 0.25) is 0 Å². The lowest BCUT2D eigenvalue weighted by atomic mass is 10.1. The SMILES string of the molecule is CCOC(=O)[C@H]1C[C@H](C#N)CN1C(=O)OC(C)(C)C. The zero-order chi connectivity index (χ0) is 14.6. The summed E-state index contributed by atoms with van der Waals surface area (Å²) in [4.78, 5) is 25.1. The highest BCUT2D eigenvalue weighted by Crippen LogP contribution is 2.25. The predicted octanol–water partition coefficient (Wildman–Crippen LogP) is 1.70. The van der Waals surface area contributed by atoms with Gasteiger partial charge in [-0.1, -0.05) is 0 Å². The van der Waals surface area contributed by atoms with Crippen molar-refractivity contribution >= 4 is 12.1 Å². The number of rotatable bonds is 2. The van der Waals surface area contributed by atoms with E-state index in [-0.39, 0.29) is 19.1 Å². The Labute approximate surface area is 113 Å². The molecule has 0 aromatic carbocycles. The minimum atomic E-state index is -0.723. The summed E-state index contributed by atoms with van der Waals surface area (Å²) in [6, 6.07) is 1.36. The Morgan fingerprint density at radius 3 is 2.53 bits per heavy atom. The first-order valence-electron chi connectivity index (χ1n) is 6.34. The third-order valence-corrected chi connectivity index (χ3v) is 2.67. The standard InChI is InChI=1S/C13H20N2O4/c1-5-18-11(16)10-6-9(7-14)8-15(10)12(17)19-13(2,3)4/h9-10H,5-6,8H2,1-4H3/t9-,10-/m1/s1. The summed E-state index contributed by atoms with van der Waals surface area (Å²) < 4.78 is 10.2. The Hall–Kier alpha value is -1.77. The van der Waals surface area contributed by atoms with Crippen LogP contribution in [0, 0.1) is 17.2 Å². The lowest BCUT2D eigenvalue weighted by molar-refractivity contribution is -0.148. The number of carbonyl (C=O) groups excluding carboxylic acids is 2. The Kier molecular flexibility index (Phi) is 4.76. The molecule has 1 aliphatic heterocycles. The van der Waals surface area contributed by atoms with Crippen LogP contribution in [0.1, 0.15) is 34.1 Å². The number of nitriles is 1. The fourth-order valence-electron chi connectivity index (χ4n) is 1.91. The second kappa shape index (κ2) is 5.91. The van der Waals surface area contributed by atoms with Gasteiger partial charge in [0.25, 0.3) is 0 Å². The maximum atomic E-state index is 12.0. The van der Waals surface area contributed by atoms with Crippen molar-refractivity contribution in [1.29, 1.82) is 5.26 Å². The molecular weight excluding hydrogens is 248 g/mol. The molecule has 1 amide bonds. The molecule has 0 aromatic rings. The molecule has 6 heteroatoms. The molecule has 0 spiro atoms. The van der Waals surface area contributed by atoms with E-state index in [0.29, 0.717) is 6.42 Å². The number of esters is 1. The fraction of sp³-hybridized carbons (Fsp3) is 0.769.